The lowest BCUT2D eigenvalue weighted by Crippen LogP contribution is -2.46. The van der Waals surface area contributed by atoms with E-state index < -0.39 is 5.54 Å². The van der Waals surface area contributed by atoms with Gasteiger partial charge in [-0.25, -0.2) is 19.5 Å². The smallest absolute Gasteiger partial charge is 0.169 e. The van der Waals surface area contributed by atoms with E-state index in [4.69, 9.17) is 20.8 Å². The molecule has 1 saturated carbocycles. The Bertz CT molecular complexity index is 1230. The first-order valence-corrected chi connectivity index (χ1v) is 10.5. The molecule has 0 atom stereocenters. The third kappa shape index (κ3) is 2.98. The summed E-state index contributed by atoms with van der Waals surface area (Å²) in [5, 5.41) is 4.79. The number of fused-ring (bicyclic) bond motifs is 2. The molecule has 1 fully saturated rings. The van der Waals surface area contributed by atoms with E-state index in [1.54, 1.807) is 0 Å². The highest BCUT2D eigenvalue weighted by Crippen LogP contribution is 2.35. The van der Waals surface area contributed by atoms with Gasteiger partial charge in [0.15, 0.2) is 11.5 Å². The third-order valence-corrected chi connectivity index (χ3v) is 6.66. The molecule has 1 aliphatic rings. The number of rotatable bonds is 3. The second kappa shape index (κ2) is 6.85. The Kier molecular flexibility index (Phi) is 4.37. The number of pyridine rings is 1. The maximum Gasteiger partial charge on any atom is 0.169 e. The Labute approximate surface area is 175 Å². The number of hydrogen-bond donors (Lipinski definition) is 1. The van der Waals surface area contributed by atoms with E-state index in [0.717, 1.165) is 65.3 Å². The van der Waals surface area contributed by atoms with Crippen LogP contribution in [0.1, 0.15) is 37.3 Å². The van der Waals surface area contributed by atoms with Crippen molar-refractivity contribution in [2.75, 3.05) is 14.1 Å². The summed E-state index contributed by atoms with van der Waals surface area (Å²) in [6.45, 7) is 1.99. The van der Waals surface area contributed by atoms with Crippen LogP contribution < -0.4 is 5.73 Å². The van der Waals surface area contributed by atoms with Crippen LogP contribution in [0, 0.1) is 6.92 Å². The van der Waals surface area contributed by atoms with E-state index in [-0.39, 0.29) is 0 Å². The summed E-state index contributed by atoms with van der Waals surface area (Å²) in [5.41, 5.74) is 10.9. The monoisotopic (exact) mass is 404 g/mol. The van der Waals surface area contributed by atoms with E-state index in [1.807, 2.05) is 53.6 Å². The van der Waals surface area contributed by atoms with Crippen LogP contribution in [-0.4, -0.2) is 54.2 Å². The highest BCUT2D eigenvalue weighted by molar-refractivity contribution is 5.82. The fraction of sp³-hybridized carbons (Fsp3) is 0.455. The molecule has 0 bridgehead atoms. The summed E-state index contributed by atoms with van der Waals surface area (Å²) >= 11 is 0. The summed E-state index contributed by atoms with van der Waals surface area (Å²) in [5.74, 6) is 1.67. The summed E-state index contributed by atoms with van der Waals surface area (Å²) in [4.78, 5) is 16.4. The van der Waals surface area contributed by atoms with E-state index in [0.29, 0.717) is 6.04 Å². The standard InChI is InChI=1S/C22H28N8/c1-14-25-18-6-5-17(26-20(18)29(14)4)16-9-12-30-19(16)13-24-21(27-30)22(23)10-7-15(8-11-22)28(2)3/h5-6,9,12-13,15H,7-8,10-11,23H2,1-4H3. The first-order chi connectivity index (χ1) is 14.4. The van der Waals surface area contributed by atoms with E-state index in [2.05, 4.69) is 24.0 Å². The van der Waals surface area contributed by atoms with E-state index in [1.165, 1.54) is 0 Å². The van der Waals surface area contributed by atoms with Crippen LogP contribution in [0.25, 0.3) is 27.9 Å². The quantitative estimate of drug-likeness (QED) is 0.565. The molecule has 30 heavy (non-hydrogen) atoms. The van der Waals surface area contributed by atoms with Crippen molar-refractivity contribution in [2.45, 2.75) is 44.2 Å². The van der Waals surface area contributed by atoms with Gasteiger partial charge in [-0.1, -0.05) is 0 Å². The average molecular weight is 405 g/mol. The van der Waals surface area contributed by atoms with Gasteiger partial charge in [-0.3, -0.25) is 0 Å². The number of nitrogens with two attached hydrogens (primary N) is 1. The predicted molar refractivity (Wildman–Crippen MR) is 117 cm³/mol. The molecule has 8 nitrogen and oxygen atoms in total. The summed E-state index contributed by atoms with van der Waals surface area (Å²) in [6.07, 6.45) is 7.77. The van der Waals surface area contributed by atoms with Gasteiger partial charge in [-0.05, 0) is 64.9 Å². The molecule has 0 amide bonds. The van der Waals surface area contributed by atoms with Gasteiger partial charge in [-0.15, -0.1) is 0 Å². The van der Waals surface area contributed by atoms with Crippen LogP contribution in [0.3, 0.4) is 0 Å². The molecule has 4 aromatic heterocycles. The topological polar surface area (TPSA) is 90.2 Å². The second-order valence-corrected chi connectivity index (χ2v) is 8.75. The zero-order valence-corrected chi connectivity index (χ0v) is 18.0. The Hall–Kier alpha value is -2.84. The van der Waals surface area contributed by atoms with Crippen molar-refractivity contribution in [2.24, 2.45) is 12.8 Å². The molecule has 1 aliphatic carbocycles. The fourth-order valence-corrected chi connectivity index (χ4v) is 4.53. The molecule has 0 aromatic carbocycles. The van der Waals surface area contributed by atoms with Gasteiger partial charge in [0.25, 0.3) is 0 Å². The molecule has 0 spiro atoms. The fourth-order valence-electron chi connectivity index (χ4n) is 4.53. The van der Waals surface area contributed by atoms with Crippen molar-refractivity contribution in [3.05, 3.63) is 42.2 Å². The first-order valence-electron chi connectivity index (χ1n) is 10.5. The maximum atomic E-state index is 6.75. The number of aromatic nitrogens is 6. The maximum absolute atomic E-state index is 6.75. The van der Waals surface area contributed by atoms with E-state index >= 15 is 0 Å². The zero-order chi connectivity index (χ0) is 21.0. The summed E-state index contributed by atoms with van der Waals surface area (Å²) < 4.78 is 3.89. The van der Waals surface area contributed by atoms with Crippen LogP contribution in [0.5, 0.6) is 0 Å². The van der Waals surface area contributed by atoms with Gasteiger partial charge >= 0.3 is 0 Å². The van der Waals surface area contributed by atoms with Crippen LogP contribution in [-0.2, 0) is 12.6 Å². The minimum atomic E-state index is -0.464. The average Bonchev–Trinajstić information content (AvgIpc) is 3.28. The number of imidazole rings is 1. The molecule has 4 aromatic rings. The minimum absolute atomic E-state index is 0.464. The van der Waals surface area contributed by atoms with Crippen molar-refractivity contribution in [3.8, 4) is 11.3 Å². The molecule has 2 N–H and O–H groups in total. The lowest BCUT2D eigenvalue weighted by atomic mass is 9.79. The van der Waals surface area contributed by atoms with Crippen LogP contribution in [0.15, 0.2) is 30.6 Å². The molecule has 0 unspecified atom stereocenters. The van der Waals surface area contributed by atoms with Gasteiger partial charge in [0.05, 0.1) is 22.9 Å². The van der Waals surface area contributed by atoms with Gasteiger partial charge < -0.3 is 15.2 Å². The van der Waals surface area contributed by atoms with Crippen LogP contribution in [0.4, 0.5) is 0 Å². The van der Waals surface area contributed by atoms with Crippen LogP contribution in [0.2, 0.25) is 0 Å². The molecule has 0 saturated heterocycles. The molecule has 0 aliphatic heterocycles. The number of aryl methyl sites for hydroxylation is 2. The minimum Gasteiger partial charge on any atom is -0.319 e. The molecule has 8 heteroatoms. The highest BCUT2D eigenvalue weighted by Gasteiger charge is 2.36. The van der Waals surface area contributed by atoms with Crippen molar-refractivity contribution < 1.29 is 0 Å². The lowest BCUT2D eigenvalue weighted by molar-refractivity contribution is 0.167. The second-order valence-electron chi connectivity index (χ2n) is 8.75. The largest absolute Gasteiger partial charge is 0.319 e. The number of nitrogens with zero attached hydrogens (tertiary/aromatic N) is 7. The molecule has 4 heterocycles. The summed E-state index contributed by atoms with van der Waals surface area (Å²) in [7, 11) is 6.26. The Morgan fingerprint density at radius 3 is 2.63 bits per heavy atom. The molecular formula is C22H28N8. The normalized spacial score (nSPS) is 22.4. The van der Waals surface area contributed by atoms with Crippen molar-refractivity contribution in [1.82, 2.24) is 34.0 Å². The third-order valence-electron chi connectivity index (χ3n) is 6.66. The van der Waals surface area contributed by atoms with Gasteiger partial charge in [0.2, 0.25) is 0 Å². The molecule has 0 radical (unpaired) electrons. The SMILES string of the molecule is Cc1nc2ccc(-c3ccn4nc(C5(N)CCC(N(C)C)CC5)ncc34)nc2n1C. The van der Waals surface area contributed by atoms with Gasteiger partial charge in [0, 0.05) is 24.8 Å². The Balaban J connectivity index is 1.49. The lowest BCUT2D eigenvalue weighted by Gasteiger charge is -2.38. The zero-order valence-electron chi connectivity index (χ0n) is 18.0. The molecular weight excluding hydrogens is 376 g/mol. The summed E-state index contributed by atoms with van der Waals surface area (Å²) in [6, 6.07) is 6.64. The molecule has 156 valence electrons. The van der Waals surface area contributed by atoms with Crippen molar-refractivity contribution in [1.29, 1.82) is 0 Å². The predicted octanol–water partition coefficient (Wildman–Crippen LogP) is 2.64. The van der Waals surface area contributed by atoms with Gasteiger partial charge in [-0.2, -0.15) is 5.10 Å². The van der Waals surface area contributed by atoms with Gasteiger partial charge in [0.1, 0.15) is 11.3 Å². The van der Waals surface area contributed by atoms with Crippen LogP contribution >= 0.6 is 0 Å². The van der Waals surface area contributed by atoms with Crippen molar-refractivity contribution >= 4 is 16.7 Å². The van der Waals surface area contributed by atoms with E-state index in [9.17, 15) is 0 Å². The Morgan fingerprint density at radius 1 is 1.13 bits per heavy atom. The molecule has 5 rings (SSSR count). The van der Waals surface area contributed by atoms with Crippen molar-refractivity contribution in [3.63, 3.8) is 0 Å². The Morgan fingerprint density at radius 2 is 1.90 bits per heavy atom. The first kappa shape index (κ1) is 19.1. The number of hydrogen-bond acceptors (Lipinski definition) is 6. The highest BCUT2D eigenvalue weighted by atomic mass is 15.3.